The van der Waals surface area contributed by atoms with Crippen molar-refractivity contribution in [3.8, 4) is 0 Å². The fourth-order valence-corrected chi connectivity index (χ4v) is 10.6. The van der Waals surface area contributed by atoms with Crippen LogP contribution in [0.1, 0.15) is 115 Å². The lowest BCUT2D eigenvalue weighted by molar-refractivity contribution is -0.00847. The highest BCUT2D eigenvalue weighted by Crippen LogP contribution is 2.63. The molecule has 1 aromatic carbocycles. The highest BCUT2D eigenvalue weighted by atomic mass is 14.6. The van der Waals surface area contributed by atoms with Crippen LogP contribution in [0.4, 0.5) is 0 Å². The molecule has 0 unspecified atom stereocenters. The predicted molar refractivity (Wildman–Crippen MR) is 125 cm³/mol. The van der Waals surface area contributed by atoms with Gasteiger partial charge in [-0.1, -0.05) is 39.0 Å². The van der Waals surface area contributed by atoms with Gasteiger partial charge in [-0.2, -0.15) is 0 Å². The first kappa shape index (κ1) is 18.8. The Bertz CT molecular complexity index is 732. The third-order valence-electron chi connectivity index (χ3n) is 11.1. The fraction of sp³-hybridized carbons (Fsp3) is 0.800. The summed E-state index contributed by atoms with van der Waals surface area (Å²) < 4.78 is 0. The highest BCUT2D eigenvalue weighted by Gasteiger charge is 2.54. The lowest BCUT2D eigenvalue weighted by Crippen LogP contribution is -2.50. The summed E-state index contributed by atoms with van der Waals surface area (Å²) >= 11 is 0. The molecule has 30 heavy (non-hydrogen) atoms. The van der Waals surface area contributed by atoms with Crippen LogP contribution in [-0.2, 0) is 16.2 Å². The Morgan fingerprint density at radius 2 is 0.833 bits per heavy atom. The molecule has 0 radical (unpaired) electrons. The quantitative estimate of drug-likeness (QED) is 0.471. The Labute approximate surface area is 184 Å². The van der Waals surface area contributed by atoms with Crippen molar-refractivity contribution in [1.82, 2.24) is 0 Å². The van der Waals surface area contributed by atoms with Crippen LogP contribution in [0.15, 0.2) is 18.2 Å². The van der Waals surface area contributed by atoms with Gasteiger partial charge in [0.2, 0.25) is 0 Å². The van der Waals surface area contributed by atoms with E-state index >= 15 is 0 Å². The van der Waals surface area contributed by atoms with E-state index in [-0.39, 0.29) is 5.41 Å². The lowest BCUT2D eigenvalue weighted by Gasteiger charge is -2.59. The summed E-state index contributed by atoms with van der Waals surface area (Å²) in [4.78, 5) is 0. The van der Waals surface area contributed by atoms with E-state index in [0.29, 0.717) is 10.8 Å². The van der Waals surface area contributed by atoms with Crippen molar-refractivity contribution in [2.45, 2.75) is 114 Å². The van der Waals surface area contributed by atoms with Crippen LogP contribution >= 0.6 is 0 Å². The predicted octanol–water partition coefficient (Wildman–Crippen LogP) is 7.92. The molecule has 162 valence electrons. The second kappa shape index (κ2) is 5.96. The Kier molecular flexibility index (Phi) is 3.73. The molecule has 1 aromatic rings. The van der Waals surface area contributed by atoms with Gasteiger partial charge in [0.05, 0.1) is 0 Å². The number of rotatable bonds is 2. The second-order valence-electron chi connectivity index (χ2n) is 14.4. The smallest absolute Gasteiger partial charge is 0.00389 e. The lowest BCUT2D eigenvalue weighted by atomic mass is 9.46. The van der Waals surface area contributed by atoms with E-state index < -0.39 is 0 Å². The molecule has 8 aliphatic carbocycles. The molecule has 0 aliphatic heterocycles. The normalized spacial score (nSPS) is 48.5. The van der Waals surface area contributed by atoms with E-state index in [0.717, 1.165) is 35.5 Å². The fourth-order valence-electron chi connectivity index (χ4n) is 10.6. The average molecular weight is 403 g/mol. The summed E-state index contributed by atoms with van der Waals surface area (Å²) in [5.41, 5.74) is 6.55. The molecule has 8 fully saturated rings. The second-order valence-corrected chi connectivity index (χ2v) is 14.4. The maximum Gasteiger partial charge on any atom is -0.00389 e. The molecule has 0 heterocycles. The van der Waals surface area contributed by atoms with Crippen LogP contribution in [0, 0.1) is 35.5 Å². The van der Waals surface area contributed by atoms with Crippen LogP contribution in [0.3, 0.4) is 0 Å². The van der Waals surface area contributed by atoms with Gasteiger partial charge < -0.3 is 0 Å². The molecule has 9 rings (SSSR count). The summed E-state index contributed by atoms with van der Waals surface area (Å²) in [7, 11) is 0. The van der Waals surface area contributed by atoms with Crippen molar-refractivity contribution >= 4 is 0 Å². The van der Waals surface area contributed by atoms with E-state index in [1.165, 1.54) is 38.5 Å². The van der Waals surface area contributed by atoms with E-state index in [1.807, 2.05) is 0 Å². The molecule has 0 atom stereocenters. The molecular weight excluding hydrogens is 360 g/mol. The van der Waals surface area contributed by atoms with Crippen molar-refractivity contribution in [1.29, 1.82) is 0 Å². The third-order valence-corrected chi connectivity index (χ3v) is 11.1. The van der Waals surface area contributed by atoms with Crippen molar-refractivity contribution in [3.63, 3.8) is 0 Å². The molecule has 0 nitrogen and oxygen atoms in total. The average Bonchev–Trinajstić information content (AvgIpc) is 2.65. The zero-order chi connectivity index (χ0) is 20.3. The van der Waals surface area contributed by atoms with Crippen molar-refractivity contribution in [2.24, 2.45) is 35.5 Å². The third kappa shape index (κ3) is 2.70. The standard InChI is InChI=1S/C30H42/c1-28(2,3)25-10-26(29-13-19-4-20(14-29)6-21(5-19)15-29)12-27(11-25)30-16-22-7-23(17-30)9-24(8-22)18-30/h10-12,19-24H,4-9,13-18H2,1-3H3. The van der Waals surface area contributed by atoms with Crippen molar-refractivity contribution < 1.29 is 0 Å². The van der Waals surface area contributed by atoms with E-state index in [2.05, 4.69) is 39.0 Å². The van der Waals surface area contributed by atoms with Crippen molar-refractivity contribution in [3.05, 3.63) is 34.9 Å². The molecule has 0 heteroatoms. The maximum absolute atomic E-state index is 2.81. The first-order valence-corrected chi connectivity index (χ1v) is 13.5. The minimum absolute atomic E-state index is 0.259. The Hall–Kier alpha value is -0.780. The molecule has 8 aliphatic rings. The zero-order valence-electron chi connectivity index (χ0n) is 19.7. The summed E-state index contributed by atoms with van der Waals surface area (Å²) in [5.74, 6) is 6.24. The van der Waals surface area contributed by atoms with Crippen molar-refractivity contribution in [2.75, 3.05) is 0 Å². The largest absolute Gasteiger partial charge is 0.0561 e. The summed E-state index contributed by atoms with van der Waals surface area (Å²) in [6, 6.07) is 8.23. The molecule has 0 aromatic heterocycles. The number of hydrogen-bond donors (Lipinski definition) is 0. The summed E-state index contributed by atoms with van der Waals surface area (Å²) in [5, 5.41) is 0. The molecule has 0 amide bonds. The topological polar surface area (TPSA) is 0 Å². The molecule has 8 bridgehead atoms. The number of benzene rings is 1. The highest BCUT2D eigenvalue weighted by molar-refractivity contribution is 5.43. The zero-order valence-corrected chi connectivity index (χ0v) is 19.7. The maximum atomic E-state index is 2.81. The van der Waals surface area contributed by atoms with Gasteiger partial charge in [-0.3, -0.25) is 0 Å². The van der Waals surface area contributed by atoms with Gasteiger partial charge in [0.25, 0.3) is 0 Å². The Balaban J connectivity index is 1.36. The van der Waals surface area contributed by atoms with Crippen LogP contribution in [0.2, 0.25) is 0 Å². The SMILES string of the molecule is CC(C)(C)c1cc(C23CC4CC(CC(C4)C2)C3)cc(C23CC4CC(CC(C4)C2)C3)c1. The first-order chi connectivity index (χ1) is 14.3. The molecule has 8 saturated carbocycles. The van der Waals surface area contributed by atoms with E-state index in [4.69, 9.17) is 0 Å². The monoisotopic (exact) mass is 402 g/mol. The van der Waals surface area contributed by atoms with Crippen LogP contribution in [-0.4, -0.2) is 0 Å². The Morgan fingerprint density at radius 1 is 0.533 bits per heavy atom. The molecule has 0 spiro atoms. The van der Waals surface area contributed by atoms with E-state index in [9.17, 15) is 0 Å². The van der Waals surface area contributed by atoms with Gasteiger partial charge in [0.15, 0.2) is 0 Å². The molecular formula is C30H42. The van der Waals surface area contributed by atoms with Gasteiger partial charge in [0.1, 0.15) is 0 Å². The summed E-state index contributed by atoms with van der Waals surface area (Å²) in [6.07, 6.45) is 18.4. The minimum Gasteiger partial charge on any atom is -0.0561 e. The van der Waals surface area contributed by atoms with Gasteiger partial charge in [-0.05, 0) is 145 Å². The van der Waals surface area contributed by atoms with Gasteiger partial charge >= 0.3 is 0 Å². The summed E-state index contributed by atoms with van der Waals surface area (Å²) in [6.45, 7) is 7.36. The molecule has 0 saturated heterocycles. The minimum atomic E-state index is 0.259. The van der Waals surface area contributed by atoms with Crippen LogP contribution in [0.25, 0.3) is 0 Å². The van der Waals surface area contributed by atoms with Gasteiger partial charge in [0, 0.05) is 0 Å². The first-order valence-electron chi connectivity index (χ1n) is 13.5. The number of hydrogen-bond acceptors (Lipinski definition) is 0. The van der Waals surface area contributed by atoms with Gasteiger partial charge in [-0.15, -0.1) is 0 Å². The molecule has 0 N–H and O–H groups in total. The Morgan fingerprint density at radius 3 is 1.10 bits per heavy atom. The van der Waals surface area contributed by atoms with Gasteiger partial charge in [-0.25, -0.2) is 0 Å². The van der Waals surface area contributed by atoms with E-state index in [1.54, 1.807) is 55.2 Å². The van der Waals surface area contributed by atoms with Crippen LogP contribution in [0.5, 0.6) is 0 Å². The van der Waals surface area contributed by atoms with Crippen LogP contribution < -0.4 is 0 Å².